The number of hydrogen-bond acceptors (Lipinski definition) is 3. The third kappa shape index (κ3) is 5.31. The lowest BCUT2D eigenvalue weighted by atomic mass is 9.89. The zero-order valence-corrected chi connectivity index (χ0v) is 14.0. The number of nitrogens with one attached hydrogen (secondary N) is 1. The Morgan fingerprint density at radius 3 is 2.57 bits per heavy atom. The van der Waals surface area contributed by atoms with Gasteiger partial charge in [0.05, 0.1) is 0 Å². The molecule has 3 heteroatoms. The van der Waals surface area contributed by atoms with Gasteiger partial charge in [-0.15, -0.1) is 0 Å². The predicted molar refractivity (Wildman–Crippen MR) is 87.6 cm³/mol. The third-order valence-corrected chi connectivity index (χ3v) is 4.24. The molecule has 0 atom stereocenters. The molecule has 0 unspecified atom stereocenters. The lowest BCUT2D eigenvalue weighted by Gasteiger charge is -2.26. The normalized spacial score (nSPS) is 22.5. The Bertz CT molecular complexity index is 437. The third-order valence-electron chi connectivity index (χ3n) is 4.24. The van der Waals surface area contributed by atoms with E-state index in [1.807, 2.05) is 0 Å². The molecular formula is C18H30N2O. The van der Waals surface area contributed by atoms with E-state index in [9.17, 15) is 0 Å². The lowest BCUT2D eigenvalue weighted by Crippen LogP contribution is -2.24. The van der Waals surface area contributed by atoms with E-state index in [4.69, 9.17) is 4.74 Å². The molecule has 1 N–H and O–H groups in total. The van der Waals surface area contributed by atoms with Crippen LogP contribution in [-0.4, -0.2) is 17.1 Å². The maximum absolute atomic E-state index is 6.15. The van der Waals surface area contributed by atoms with Crippen molar-refractivity contribution in [2.24, 2.45) is 5.92 Å². The van der Waals surface area contributed by atoms with Gasteiger partial charge in [0.2, 0.25) is 5.88 Å². The first-order valence-electron chi connectivity index (χ1n) is 8.46. The Morgan fingerprint density at radius 1 is 1.24 bits per heavy atom. The summed E-state index contributed by atoms with van der Waals surface area (Å²) in [5.41, 5.74) is 2.40. The molecule has 0 saturated heterocycles. The van der Waals surface area contributed by atoms with Crippen LogP contribution in [0.15, 0.2) is 12.1 Å². The zero-order chi connectivity index (χ0) is 15.2. The van der Waals surface area contributed by atoms with Gasteiger partial charge >= 0.3 is 0 Å². The van der Waals surface area contributed by atoms with Crippen molar-refractivity contribution in [3.8, 4) is 5.88 Å². The van der Waals surface area contributed by atoms with Gasteiger partial charge in [-0.3, -0.25) is 0 Å². The number of ether oxygens (including phenoxy) is 1. The molecule has 21 heavy (non-hydrogen) atoms. The van der Waals surface area contributed by atoms with Crippen LogP contribution in [0.1, 0.15) is 64.6 Å². The van der Waals surface area contributed by atoms with Crippen LogP contribution in [-0.2, 0) is 13.0 Å². The van der Waals surface area contributed by atoms with Crippen molar-refractivity contribution in [2.45, 2.75) is 78.5 Å². The van der Waals surface area contributed by atoms with Crippen molar-refractivity contribution < 1.29 is 4.74 Å². The van der Waals surface area contributed by atoms with E-state index >= 15 is 0 Å². The van der Waals surface area contributed by atoms with Crippen LogP contribution in [0.4, 0.5) is 0 Å². The number of aromatic nitrogens is 1. The fourth-order valence-electron chi connectivity index (χ4n) is 2.80. The molecule has 3 nitrogen and oxygen atoms in total. The standard InChI is InChI=1S/C18H30N2O/c1-5-16-10-15(12-19-13(2)3)11-18(20-16)21-17-8-6-14(4)7-9-17/h10-11,13-14,17,19H,5-9,12H2,1-4H3. The number of pyridine rings is 1. The summed E-state index contributed by atoms with van der Waals surface area (Å²) in [4.78, 5) is 4.64. The summed E-state index contributed by atoms with van der Waals surface area (Å²) in [5, 5.41) is 3.47. The molecule has 1 saturated carbocycles. The van der Waals surface area contributed by atoms with Gasteiger partial charge < -0.3 is 10.1 Å². The van der Waals surface area contributed by atoms with Gasteiger partial charge in [0.1, 0.15) is 6.10 Å². The van der Waals surface area contributed by atoms with Crippen LogP contribution in [0.3, 0.4) is 0 Å². The van der Waals surface area contributed by atoms with Crippen molar-refractivity contribution in [2.75, 3.05) is 0 Å². The second-order valence-corrected chi connectivity index (χ2v) is 6.69. The van der Waals surface area contributed by atoms with Crippen molar-refractivity contribution in [1.29, 1.82) is 0 Å². The van der Waals surface area contributed by atoms with Gasteiger partial charge in [-0.25, -0.2) is 4.98 Å². The van der Waals surface area contributed by atoms with E-state index in [1.165, 1.54) is 31.2 Å². The number of nitrogens with zero attached hydrogens (tertiary/aromatic N) is 1. The molecule has 1 aromatic rings. The summed E-state index contributed by atoms with van der Waals surface area (Å²) in [7, 11) is 0. The van der Waals surface area contributed by atoms with Gasteiger partial charge in [-0.1, -0.05) is 27.7 Å². The molecule has 2 rings (SSSR count). The highest BCUT2D eigenvalue weighted by Crippen LogP contribution is 2.27. The van der Waals surface area contributed by atoms with Crippen LogP contribution >= 0.6 is 0 Å². The Kier molecular flexibility index (Phi) is 6.04. The molecule has 0 aliphatic heterocycles. The Labute approximate surface area is 129 Å². The van der Waals surface area contributed by atoms with E-state index in [0.29, 0.717) is 12.1 Å². The van der Waals surface area contributed by atoms with Gasteiger partial charge in [0.15, 0.2) is 0 Å². The summed E-state index contributed by atoms with van der Waals surface area (Å²) in [5.74, 6) is 1.67. The van der Waals surface area contributed by atoms with E-state index in [0.717, 1.165) is 30.5 Å². The molecule has 0 amide bonds. The minimum atomic E-state index is 0.353. The molecule has 118 valence electrons. The van der Waals surface area contributed by atoms with Crippen LogP contribution in [0, 0.1) is 5.92 Å². The smallest absolute Gasteiger partial charge is 0.214 e. The highest BCUT2D eigenvalue weighted by molar-refractivity contribution is 5.25. The average Bonchev–Trinajstić information content (AvgIpc) is 2.47. The van der Waals surface area contributed by atoms with E-state index < -0.39 is 0 Å². The fourth-order valence-corrected chi connectivity index (χ4v) is 2.80. The minimum Gasteiger partial charge on any atom is -0.474 e. The molecule has 1 aliphatic rings. The summed E-state index contributed by atoms with van der Waals surface area (Å²) in [6.45, 7) is 9.70. The van der Waals surface area contributed by atoms with Crippen LogP contribution in [0.25, 0.3) is 0 Å². The first-order valence-corrected chi connectivity index (χ1v) is 8.46. The second-order valence-electron chi connectivity index (χ2n) is 6.69. The predicted octanol–water partition coefficient (Wildman–Crippen LogP) is 4.10. The molecule has 0 aromatic carbocycles. The monoisotopic (exact) mass is 290 g/mol. The molecule has 1 aliphatic carbocycles. The summed E-state index contributed by atoms with van der Waals surface area (Å²) in [6.07, 6.45) is 6.19. The summed E-state index contributed by atoms with van der Waals surface area (Å²) >= 11 is 0. The molecule has 1 aromatic heterocycles. The fraction of sp³-hybridized carbons (Fsp3) is 0.722. The number of rotatable bonds is 6. The average molecular weight is 290 g/mol. The quantitative estimate of drug-likeness (QED) is 0.856. The molecular weight excluding hydrogens is 260 g/mol. The maximum atomic E-state index is 6.15. The molecule has 0 radical (unpaired) electrons. The highest BCUT2D eigenvalue weighted by Gasteiger charge is 2.20. The van der Waals surface area contributed by atoms with Crippen LogP contribution in [0.5, 0.6) is 5.88 Å². The van der Waals surface area contributed by atoms with E-state index in [-0.39, 0.29) is 0 Å². The Balaban J connectivity index is 2.02. The first-order chi connectivity index (χ1) is 10.1. The van der Waals surface area contributed by atoms with Crippen molar-refractivity contribution in [3.63, 3.8) is 0 Å². The largest absolute Gasteiger partial charge is 0.474 e. The summed E-state index contributed by atoms with van der Waals surface area (Å²) < 4.78 is 6.15. The number of aryl methyl sites for hydroxylation is 1. The van der Waals surface area contributed by atoms with Crippen molar-refractivity contribution in [3.05, 3.63) is 23.4 Å². The lowest BCUT2D eigenvalue weighted by molar-refractivity contribution is 0.129. The maximum Gasteiger partial charge on any atom is 0.214 e. The minimum absolute atomic E-state index is 0.353. The van der Waals surface area contributed by atoms with Gasteiger partial charge in [0, 0.05) is 24.3 Å². The SMILES string of the molecule is CCc1cc(CNC(C)C)cc(OC2CCC(C)CC2)n1. The molecule has 0 bridgehead atoms. The Hall–Kier alpha value is -1.09. The van der Waals surface area contributed by atoms with Crippen molar-refractivity contribution in [1.82, 2.24) is 10.3 Å². The highest BCUT2D eigenvalue weighted by atomic mass is 16.5. The number of hydrogen-bond donors (Lipinski definition) is 1. The molecule has 1 fully saturated rings. The Morgan fingerprint density at radius 2 is 1.95 bits per heavy atom. The van der Waals surface area contributed by atoms with Crippen molar-refractivity contribution >= 4 is 0 Å². The second kappa shape index (κ2) is 7.79. The van der Waals surface area contributed by atoms with Crippen LogP contribution in [0.2, 0.25) is 0 Å². The van der Waals surface area contributed by atoms with E-state index in [1.54, 1.807) is 0 Å². The first kappa shape index (κ1) is 16.3. The van der Waals surface area contributed by atoms with Gasteiger partial charge in [-0.05, 0) is 49.7 Å². The summed E-state index contributed by atoms with van der Waals surface area (Å²) in [6, 6.07) is 4.78. The van der Waals surface area contributed by atoms with Gasteiger partial charge in [0.25, 0.3) is 0 Å². The van der Waals surface area contributed by atoms with E-state index in [2.05, 4.69) is 50.1 Å². The van der Waals surface area contributed by atoms with Gasteiger partial charge in [-0.2, -0.15) is 0 Å². The zero-order valence-electron chi connectivity index (χ0n) is 14.0. The molecule has 0 spiro atoms. The topological polar surface area (TPSA) is 34.1 Å². The molecule has 1 heterocycles. The van der Waals surface area contributed by atoms with Crippen LogP contribution < -0.4 is 10.1 Å².